The lowest BCUT2D eigenvalue weighted by atomic mass is 9.85. The molecule has 3 unspecified atom stereocenters. The van der Waals surface area contributed by atoms with Crippen LogP contribution in [0, 0.1) is 5.92 Å². The molecular formula is C18H23NO5. The van der Waals surface area contributed by atoms with Crippen molar-refractivity contribution in [3.8, 4) is 11.5 Å². The lowest BCUT2D eigenvalue weighted by Gasteiger charge is -2.22. The summed E-state index contributed by atoms with van der Waals surface area (Å²) in [6, 6.07) is 5.71. The Labute approximate surface area is 141 Å². The van der Waals surface area contributed by atoms with Crippen LogP contribution in [-0.2, 0) is 9.53 Å². The predicted octanol–water partition coefficient (Wildman–Crippen LogP) is 1.54. The lowest BCUT2D eigenvalue weighted by molar-refractivity contribution is -0.148. The van der Waals surface area contributed by atoms with E-state index < -0.39 is 0 Å². The summed E-state index contributed by atoms with van der Waals surface area (Å²) in [4.78, 5) is 14.7. The number of hydrogen-bond donors (Lipinski definition) is 1. The van der Waals surface area contributed by atoms with Crippen LogP contribution in [0.25, 0.3) is 0 Å². The molecule has 1 fully saturated rings. The number of nitrogens with zero attached hydrogens (tertiary/aromatic N) is 1. The van der Waals surface area contributed by atoms with Gasteiger partial charge < -0.3 is 19.3 Å². The maximum absolute atomic E-state index is 12.6. The van der Waals surface area contributed by atoms with Crippen LogP contribution in [0.1, 0.15) is 18.4 Å². The van der Waals surface area contributed by atoms with Crippen LogP contribution in [0.4, 0.5) is 0 Å². The third-order valence-electron chi connectivity index (χ3n) is 4.62. The number of fused-ring (bicyclic) bond motifs is 1. The van der Waals surface area contributed by atoms with Crippen LogP contribution in [-0.4, -0.2) is 55.6 Å². The molecule has 0 amide bonds. The fraction of sp³-hybridized carbons (Fsp3) is 0.500. The minimum Gasteiger partial charge on any atom is -0.466 e. The molecule has 130 valence electrons. The summed E-state index contributed by atoms with van der Waals surface area (Å²) in [5.74, 6) is 0.911. The number of aliphatic hydroxyl groups is 1. The van der Waals surface area contributed by atoms with Crippen molar-refractivity contribution in [1.82, 2.24) is 4.90 Å². The van der Waals surface area contributed by atoms with Crippen LogP contribution in [0.3, 0.4) is 0 Å². The van der Waals surface area contributed by atoms with Gasteiger partial charge in [-0.3, -0.25) is 9.69 Å². The first-order valence-electron chi connectivity index (χ1n) is 8.19. The van der Waals surface area contributed by atoms with E-state index in [4.69, 9.17) is 19.3 Å². The molecule has 0 spiro atoms. The van der Waals surface area contributed by atoms with Crippen molar-refractivity contribution in [2.24, 2.45) is 5.92 Å². The third kappa shape index (κ3) is 3.12. The Morgan fingerprint density at radius 1 is 1.42 bits per heavy atom. The number of ether oxygens (including phenoxy) is 3. The van der Waals surface area contributed by atoms with Crippen molar-refractivity contribution in [1.29, 1.82) is 0 Å². The third-order valence-corrected chi connectivity index (χ3v) is 4.62. The molecule has 1 aromatic carbocycles. The zero-order valence-electron chi connectivity index (χ0n) is 14.0. The molecule has 2 aliphatic heterocycles. The Morgan fingerprint density at radius 2 is 2.21 bits per heavy atom. The summed E-state index contributed by atoms with van der Waals surface area (Å²) >= 11 is 0. The van der Waals surface area contributed by atoms with Gasteiger partial charge in [0.1, 0.15) is 0 Å². The van der Waals surface area contributed by atoms with Gasteiger partial charge in [0, 0.05) is 18.5 Å². The number of likely N-dealkylation sites (tertiary alicyclic amines) is 1. The van der Waals surface area contributed by atoms with Crippen molar-refractivity contribution in [2.45, 2.75) is 18.9 Å². The lowest BCUT2D eigenvalue weighted by Crippen LogP contribution is -2.33. The minimum atomic E-state index is -0.321. The number of benzene rings is 1. The summed E-state index contributed by atoms with van der Waals surface area (Å²) in [6.45, 7) is 3.07. The van der Waals surface area contributed by atoms with Gasteiger partial charge in [0.2, 0.25) is 6.79 Å². The van der Waals surface area contributed by atoms with Gasteiger partial charge in [-0.25, -0.2) is 0 Å². The number of carbonyl (C=O) groups is 1. The normalized spacial score (nSPS) is 26.2. The number of likely N-dealkylation sites (N-methyl/N-ethyl adjacent to an activating group) is 1. The first kappa shape index (κ1) is 16.8. The molecule has 24 heavy (non-hydrogen) atoms. The first-order valence-corrected chi connectivity index (χ1v) is 8.19. The van der Waals surface area contributed by atoms with E-state index in [0.29, 0.717) is 12.4 Å². The Kier molecular flexibility index (Phi) is 5.06. The standard InChI is InChI=1S/C18H23NO5/c1-3-22-18(21)17-13(10-19(2)14(17)5-4-8-20)12-6-7-15-16(9-12)24-11-23-15/h4-7,9,13-14,17,20H,3,8,10-11H2,1-2H3. The molecule has 3 rings (SSSR count). The Bertz CT molecular complexity index is 630. The molecule has 0 radical (unpaired) electrons. The maximum atomic E-state index is 12.6. The smallest absolute Gasteiger partial charge is 0.311 e. The fourth-order valence-corrected chi connectivity index (χ4v) is 3.52. The zero-order valence-corrected chi connectivity index (χ0v) is 14.0. The average molecular weight is 333 g/mol. The average Bonchev–Trinajstić information content (AvgIpc) is 3.16. The van der Waals surface area contributed by atoms with Gasteiger partial charge in [0.15, 0.2) is 11.5 Å². The topological polar surface area (TPSA) is 68.2 Å². The molecule has 6 nitrogen and oxygen atoms in total. The monoisotopic (exact) mass is 333 g/mol. The van der Waals surface area contributed by atoms with Crippen molar-refractivity contribution < 1.29 is 24.1 Å². The summed E-state index contributed by atoms with van der Waals surface area (Å²) in [7, 11) is 1.98. The summed E-state index contributed by atoms with van der Waals surface area (Å²) < 4.78 is 16.1. The van der Waals surface area contributed by atoms with E-state index in [9.17, 15) is 4.79 Å². The van der Waals surface area contributed by atoms with E-state index in [1.54, 1.807) is 6.08 Å². The van der Waals surface area contributed by atoms with E-state index in [-0.39, 0.29) is 37.2 Å². The molecule has 0 aromatic heterocycles. The van der Waals surface area contributed by atoms with Crippen LogP contribution in [0.5, 0.6) is 11.5 Å². The molecule has 0 bridgehead atoms. The van der Waals surface area contributed by atoms with Gasteiger partial charge in [0.05, 0.1) is 19.1 Å². The largest absolute Gasteiger partial charge is 0.466 e. The van der Waals surface area contributed by atoms with Gasteiger partial charge in [-0.2, -0.15) is 0 Å². The van der Waals surface area contributed by atoms with Gasteiger partial charge in [-0.1, -0.05) is 18.2 Å². The van der Waals surface area contributed by atoms with Gasteiger partial charge in [-0.05, 0) is 31.7 Å². The van der Waals surface area contributed by atoms with Crippen LogP contribution >= 0.6 is 0 Å². The van der Waals surface area contributed by atoms with E-state index in [2.05, 4.69) is 4.90 Å². The summed E-state index contributed by atoms with van der Waals surface area (Å²) in [5, 5.41) is 9.08. The highest BCUT2D eigenvalue weighted by molar-refractivity contribution is 5.76. The van der Waals surface area contributed by atoms with Crippen molar-refractivity contribution >= 4 is 5.97 Å². The van der Waals surface area contributed by atoms with Crippen LogP contribution < -0.4 is 9.47 Å². The van der Waals surface area contributed by atoms with Crippen molar-refractivity contribution in [3.05, 3.63) is 35.9 Å². The number of hydrogen-bond acceptors (Lipinski definition) is 6. The second-order valence-corrected chi connectivity index (χ2v) is 6.04. The van der Waals surface area contributed by atoms with Crippen LogP contribution in [0.15, 0.2) is 30.4 Å². The van der Waals surface area contributed by atoms with Gasteiger partial charge >= 0.3 is 5.97 Å². The molecule has 2 heterocycles. The molecule has 2 aliphatic rings. The van der Waals surface area contributed by atoms with Gasteiger partial charge in [-0.15, -0.1) is 0 Å². The molecule has 0 aliphatic carbocycles. The Balaban J connectivity index is 1.92. The van der Waals surface area contributed by atoms with E-state index in [0.717, 1.165) is 17.9 Å². The van der Waals surface area contributed by atoms with Crippen molar-refractivity contribution in [2.75, 3.05) is 33.6 Å². The van der Waals surface area contributed by atoms with Crippen LogP contribution in [0.2, 0.25) is 0 Å². The van der Waals surface area contributed by atoms with E-state index >= 15 is 0 Å². The Morgan fingerprint density at radius 3 is 2.96 bits per heavy atom. The highest BCUT2D eigenvalue weighted by Gasteiger charge is 2.45. The first-order chi connectivity index (χ1) is 11.7. The quantitative estimate of drug-likeness (QED) is 0.651. The molecular weight excluding hydrogens is 310 g/mol. The molecule has 0 saturated carbocycles. The molecule has 1 aromatic rings. The second-order valence-electron chi connectivity index (χ2n) is 6.04. The SMILES string of the molecule is CCOC(=O)C1C(c2ccc3c(c2)OCO3)CN(C)C1C=CCO. The van der Waals surface area contributed by atoms with Gasteiger partial charge in [0.25, 0.3) is 0 Å². The minimum absolute atomic E-state index is 0.00288. The van der Waals surface area contributed by atoms with E-state index in [1.807, 2.05) is 38.2 Å². The number of aliphatic hydroxyl groups excluding tert-OH is 1. The number of esters is 1. The van der Waals surface area contributed by atoms with Crippen molar-refractivity contribution in [3.63, 3.8) is 0 Å². The molecule has 3 atom stereocenters. The zero-order chi connectivity index (χ0) is 17.1. The molecule has 6 heteroatoms. The fourth-order valence-electron chi connectivity index (χ4n) is 3.52. The molecule has 1 N–H and O–H groups in total. The highest BCUT2D eigenvalue weighted by atomic mass is 16.7. The number of carbonyl (C=O) groups excluding carboxylic acids is 1. The Hall–Kier alpha value is -2.05. The van der Waals surface area contributed by atoms with E-state index in [1.165, 1.54) is 0 Å². The maximum Gasteiger partial charge on any atom is 0.311 e. The predicted molar refractivity (Wildman–Crippen MR) is 88.1 cm³/mol. The highest BCUT2D eigenvalue weighted by Crippen LogP contribution is 2.42. The number of rotatable bonds is 5. The molecule has 1 saturated heterocycles. The summed E-state index contributed by atoms with van der Waals surface area (Å²) in [5.41, 5.74) is 1.03. The summed E-state index contributed by atoms with van der Waals surface area (Å²) in [6.07, 6.45) is 3.56. The second kappa shape index (κ2) is 7.23.